The first kappa shape index (κ1) is 13.8. The standard InChI is InChI=1S/C17H18FN3/c1-11-5-16-17(6-12(11)2)21(10-20-16)9-13-3-4-15(18)14(7-13)8-19/h3-7,10H,8-9,19H2,1-2H3. The number of imidazole rings is 1. The average Bonchev–Trinajstić information content (AvgIpc) is 2.84. The molecule has 0 radical (unpaired) electrons. The average molecular weight is 283 g/mol. The Bertz CT molecular complexity index is 805. The van der Waals surface area contributed by atoms with Gasteiger partial charge in [-0.25, -0.2) is 9.37 Å². The van der Waals surface area contributed by atoms with E-state index in [0.717, 1.165) is 16.6 Å². The topological polar surface area (TPSA) is 43.8 Å². The zero-order valence-electron chi connectivity index (χ0n) is 12.2. The van der Waals surface area contributed by atoms with Gasteiger partial charge in [0.05, 0.1) is 17.4 Å². The van der Waals surface area contributed by atoms with Gasteiger partial charge >= 0.3 is 0 Å². The molecule has 0 aliphatic carbocycles. The van der Waals surface area contributed by atoms with Gasteiger partial charge in [0.15, 0.2) is 0 Å². The summed E-state index contributed by atoms with van der Waals surface area (Å²) in [7, 11) is 0. The molecular formula is C17H18FN3. The lowest BCUT2D eigenvalue weighted by Crippen LogP contribution is -2.03. The van der Waals surface area contributed by atoms with Crippen LogP contribution in [0.25, 0.3) is 11.0 Å². The molecule has 0 unspecified atom stereocenters. The van der Waals surface area contributed by atoms with Gasteiger partial charge < -0.3 is 10.3 Å². The first-order valence-electron chi connectivity index (χ1n) is 6.98. The molecule has 0 spiro atoms. The molecule has 0 aliphatic rings. The molecule has 3 rings (SSSR count). The number of hydrogen-bond donors (Lipinski definition) is 1. The molecular weight excluding hydrogens is 265 g/mol. The van der Waals surface area contributed by atoms with E-state index in [1.54, 1.807) is 6.07 Å². The molecule has 108 valence electrons. The van der Waals surface area contributed by atoms with Crippen LogP contribution < -0.4 is 5.73 Å². The van der Waals surface area contributed by atoms with Crippen molar-refractivity contribution in [1.29, 1.82) is 0 Å². The molecule has 2 aromatic carbocycles. The Hall–Kier alpha value is -2.20. The van der Waals surface area contributed by atoms with Crippen LogP contribution in [-0.4, -0.2) is 9.55 Å². The molecule has 1 aromatic heterocycles. The van der Waals surface area contributed by atoms with E-state index in [2.05, 4.69) is 35.5 Å². The molecule has 0 aliphatic heterocycles. The van der Waals surface area contributed by atoms with E-state index < -0.39 is 0 Å². The Morgan fingerprint density at radius 1 is 1.14 bits per heavy atom. The zero-order chi connectivity index (χ0) is 15.0. The van der Waals surface area contributed by atoms with E-state index >= 15 is 0 Å². The normalized spacial score (nSPS) is 11.2. The number of aryl methyl sites for hydroxylation is 2. The molecule has 4 heteroatoms. The van der Waals surface area contributed by atoms with E-state index in [9.17, 15) is 4.39 Å². The lowest BCUT2D eigenvalue weighted by atomic mass is 10.1. The van der Waals surface area contributed by atoms with Crippen LogP contribution in [-0.2, 0) is 13.1 Å². The number of halogens is 1. The predicted octanol–water partition coefficient (Wildman–Crippen LogP) is 3.30. The van der Waals surface area contributed by atoms with E-state index in [1.165, 1.54) is 17.2 Å². The van der Waals surface area contributed by atoms with Crippen molar-refractivity contribution in [1.82, 2.24) is 9.55 Å². The van der Waals surface area contributed by atoms with Crippen LogP contribution >= 0.6 is 0 Å². The fraction of sp³-hybridized carbons (Fsp3) is 0.235. The Morgan fingerprint density at radius 2 is 1.90 bits per heavy atom. The van der Waals surface area contributed by atoms with Crippen LogP contribution in [0.1, 0.15) is 22.3 Å². The highest BCUT2D eigenvalue weighted by Gasteiger charge is 2.07. The second-order valence-corrected chi connectivity index (χ2v) is 5.43. The summed E-state index contributed by atoms with van der Waals surface area (Å²) in [6, 6.07) is 9.33. The van der Waals surface area contributed by atoms with Gasteiger partial charge in [-0.2, -0.15) is 0 Å². The third-order valence-corrected chi connectivity index (χ3v) is 3.92. The minimum atomic E-state index is -0.247. The molecule has 2 N–H and O–H groups in total. The largest absolute Gasteiger partial charge is 0.326 e. The monoisotopic (exact) mass is 283 g/mol. The van der Waals surface area contributed by atoms with Crippen LogP contribution in [0.15, 0.2) is 36.7 Å². The second kappa shape index (κ2) is 5.30. The minimum Gasteiger partial charge on any atom is -0.326 e. The van der Waals surface area contributed by atoms with Crippen LogP contribution in [0.3, 0.4) is 0 Å². The number of nitrogens with two attached hydrogens (primary N) is 1. The second-order valence-electron chi connectivity index (χ2n) is 5.43. The lowest BCUT2D eigenvalue weighted by Gasteiger charge is -2.08. The van der Waals surface area contributed by atoms with E-state index in [-0.39, 0.29) is 12.4 Å². The summed E-state index contributed by atoms with van der Waals surface area (Å²) in [5.74, 6) is -0.247. The van der Waals surface area contributed by atoms with Crippen LogP contribution in [0.5, 0.6) is 0 Å². The van der Waals surface area contributed by atoms with Crippen LogP contribution in [0, 0.1) is 19.7 Å². The number of nitrogens with zero attached hydrogens (tertiary/aromatic N) is 2. The zero-order valence-corrected chi connectivity index (χ0v) is 12.2. The molecule has 0 saturated carbocycles. The molecule has 0 bridgehead atoms. The van der Waals surface area contributed by atoms with Crippen molar-refractivity contribution in [2.45, 2.75) is 26.9 Å². The van der Waals surface area contributed by atoms with Crippen molar-refractivity contribution in [3.8, 4) is 0 Å². The predicted molar refractivity (Wildman–Crippen MR) is 82.6 cm³/mol. The summed E-state index contributed by atoms with van der Waals surface area (Å²) in [5, 5.41) is 0. The number of hydrogen-bond acceptors (Lipinski definition) is 2. The molecule has 21 heavy (non-hydrogen) atoms. The highest BCUT2D eigenvalue weighted by molar-refractivity contribution is 5.77. The summed E-state index contributed by atoms with van der Waals surface area (Å²) in [6.45, 7) is 5.05. The minimum absolute atomic E-state index is 0.211. The maximum atomic E-state index is 13.5. The van der Waals surface area contributed by atoms with Gasteiger partial charge in [0.2, 0.25) is 0 Å². The smallest absolute Gasteiger partial charge is 0.127 e. The van der Waals surface area contributed by atoms with Crippen LogP contribution in [0.4, 0.5) is 4.39 Å². The summed E-state index contributed by atoms with van der Waals surface area (Å²) < 4.78 is 15.6. The van der Waals surface area contributed by atoms with Crippen molar-refractivity contribution >= 4 is 11.0 Å². The van der Waals surface area contributed by atoms with Gasteiger partial charge in [0.25, 0.3) is 0 Å². The molecule has 1 heterocycles. The summed E-state index contributed by atoms with van der Waals surface area (Å²) in [6.07, 6.45) is 1.83. The lowest BCUT2D eigenvalue weighted by molar-refractivity contribution is 0.609. The first-order chi connectivity index (χ1) is 10.1. The fourth-order valence-electron chi connectivity index (χ4n) is 2.52. The van der Waals surface area contributed by atoms with Gasteiger partial charge in [-0.1, -0.05) is 6.07 Å². The third-order valence-electron chi connectivity index (χ3n) is 3.92. The van der Waals surface area contributed by atoms with Gasteiger partial charge in [-0.15, -0.1) is 0 Å². The highest BCUT2D eigenvalue weighted by atomic mass is 19.1. The van der Waals surface area contributed by atoms with Crippen molar-refractivity contribution < 1.29 is 4.39 Å². The van der Waals surface area contributed by atoms with E-state index in [0.29, 0.717) is 12.1 Å². The Kier molecular flexibility index (Phi) is 3.47. The first-order valence-corrected chi connectivity index (χ1v) is 6.98. The molecule has 0 saturated heterocycles. The summed E-state index contributed by atoms with van der Waals surface area (Å²) in [4.78, 5) is 4.44. The maximum absolute atomic E-state index is 13.5. The number of aromatic nitrogens is 2. The number of rotatable bonds is 3. The number of fused-ring (bicyclic) bond motifs is 1. The Labute approximate surface area is 123 Å². The molecule has 0 fully saturated rings. The van der Waals surface area contributed by atoms with Crippen molar-refractivity contribution in [2.75, 3.05) is 0 Å². The molecule has 3 aromatic rings. The molecule has 3 nitrogen and oxygen atoms in total. The quantitative estimate of drug-likeness (QED) is 0.801. The molecule has 0 amide bonds. The van der Waals surface area contributed by atoms with Gasteiger partial charge in [0, 0.05) is 18.7 Å². The van der Waals surface area contributed by atoms with Crippen molar-refractivity contribution in [3.63, 3.8) is 0 Å². The van der Waals surface area contributed by atoms with E-state index in [1.807, 2.05) is 12.4 Å². The maximum Gasteiger partial charge on any atom is 0.127 e. The van der Waals surface area contributed by atoms with E-state index in [4.69, 9.17) is 5.73 Å². The molecule has 0 atom stereocenters. The Morgan fingerprint density at radius 3 is 2.67 bits per heavy atom. The van der Waals surface area contributed by atoms with Gasteiger partial charge in [0.1, 0.15) is 5.82 Å². The highest BCUT2D eigenvalue weighted by Crippen LogP contribution is 2.20. The fourth-order valence-corrected chi connectivity index (χ4v) is 2.52. The SMILES string of the molecule is Cc1cc2ncn(Cc3ccc(F)c(CN)c3)c2cc1C. The Balaban J connectivity index is 2.00. The van der Waals surface area contributed by atoms with Crippen molar-refractivity contribution in [2.24, 2.45) is 5.73 Å². The van der Waals surface area contributed by atoms with Gasteiger partial charge in [-0.3, -0.25) is 0 Å². The van der Waals surface area contributed by atoms with Gasteiger partial charge in [-0.05, 0) is 54.8 Å². The summed E-state index contributed by atoms with van der Waals surface area (Å²) in [5.41, 5.74) is 11.7. The van der Waals surface area contributed by atoms with Crippen LogP contribution in [0.2, 0.25) is 0 Å². The third kappa shape index (κ3) is 2.54. The van der Waals surface area contributed by atoms with Crippen molar-refractivity contribution in [3.05, 3.63) is 64.7 Å². The summed E-state index contributed by atoms with van der Waals surface area (Å²) >= 11 is 0. The number of benzene rings is 2.